The van der Waals surface area contributed by atoms with E-state index in [0.29, 0.717) is 17.0 Å². The summed E-state index contributed by atoms with van der Waals surface area (Å²) in [6, 6.07) is 8.08. The van der Waals surface area contributed by atoms with Crippen molar-refractivity contribution in [2.45, 2.75) is 18.0 Å². The number of rotatable bonds is 4. The number of thiazole rings is 1. The maximum Gasteiger partial charge on any atom is 0.204 e. The van der Waals surface area contributed by atoms with Crippen LogP contribution in [0.2, 0.25) is 0 Å². The summed E-state index contributed by atoms with van der Waals surface area (Å²) in [4.78, 5) is 19.9. The predicted octanol–water partition coefficient (Wildman–Crippen LogP) is 1.99. The first-order chi connectivity index (χ1) is 12.4. The van der Waals surface area contributed by atoms with E-state index in [1.165, 1.54) is 23.5 Å². The second kappa shape index (κ2) is 6.33. The van der Waals surface area contributed by atoms with Crippen LogP contribution in [0.25, 0.3) is 0 Å². The van der Waals surface area contributed by atoms with Gasteiger partial charge in [0.2, 0.25) is 5.78 Å². The van der Waals surface area contributed by atoms with Crippen LogP contribution in [0.15, 0.2) is 47.6 Å². The van der Waals surface area contributed by atoms with Gasteiger partial charge in [0.15, 0.2) is 15.0 Å². The maximum absolute atomic E-state index is 12.7. The number of anilines is 1. The number of hydrogen-bond donors (Lipinski definition) is 0. The first kappa shape index (κ1) is 16.9. The van der Waals surface area contributed by atoms with Crippen LogP contribution in [0.5, 0.6) is 0 Å². The zero-order chi connectivity index (χ0) is 18.3. The summed E-state index contributed by atoms with van der Waals surface area (Å²) < 4.78 is 25.4. The van der Waals surface area contributed by atoms with Gasteiger partial charge in [-0.1, -0.05) is 23.5 Å². The Bertz CT molecular complexity index is 1080. The molecule has 0 saturated carbocycles. The molecule has 0 spiro atoms. The standard InChI is InChI=1S/C17H16N4O3S2/c1-26(23,24)14-4-2-3-12(9-14)16(22)15-10-18-17(25-15)20-7-8-21-13(11-20)5-6-19-21/h2-6,9-10H,7-8,11H2,1H3. The van der Waals surface area contributed by atoms with E-state index in [1.807, 2.05) is 10.7 Å². The Labute approximate surface area is 154 Å². The molecule has 26 heavy (non-hydrogen) atoms. The Balaban J connectivity index is 1.58. The predicted molar refractivity (Wildman–Crippen MR) is 98.4 cm³/mol. The van der Waals surface area contributed by atoms with Crippen molar-refractivity contribution in [3.63, 3.8) is 0 Å². The molecule has 0 saturated heterocycles. The zero-order valence-electron chi connectivity index (χ0n) is 14.0. The normalized spacial score (nSPS) is 14.3. The highest BCUT2D eigenvalue weighted by molar-refractivity contribution is 7.90. The fourth-order valence-electron chi connectivity index (χ4n) is 2.88. The van der Waals surface area contributed by atoms with E-state index >= 15 is 0 Å². The molecule has 3 aromatic rings. The summed E-state index contributed by atoms with van der Waals surface area (Å²) in [7, 11) is -3.36. The molecule has 0 aliphatic carbocycles. The molecule has 0 bridgehead atoms. The molecule has 9 heteroatoms. The third-order valence-corrected chi connectivity index (χ3v) is 6.42. The summed E-state index contributed by atoms with van der Waals surface area (Å²) in [6.07, 6.45) is 4.47. The van der Waals surface area contributed by atoms with Gasteiger partial charge in [-0.2, -0.15) is 5.10 Å². The van der Waals surface area contributed by atoms with E-state index < -0.39 is 9.84 Å². The van der Waals surface area contributed by atoms with E-state index in [1.54, 1.807) is 24.5 Å². The molecule has 1 aliphatic rings. The third kappa shape index (κ3) is 3.15. The van der Waals surface area contributed by atoms with Gasteiger partial charge in [0, 0.05) is 24.6 Å². The Hall–Kier alpha value is -2.52. The maximum atomic E-state index is 12.7. The topological polar surface area (TPSA) is 85.2 Å². The van der Waals surface area contributed by atoms with E-state index in [-0.39, 0.29) is 10.7 Å². The Morgan fingerprint density at radius 1 is 1.23 bits per heavy atom. The van der Waals surface area contributed by atoms with Crippen molar-refractivity contribution < 1.29 is 13.2 Å². The molecule has 3 heterocycles. The number of fused-ring (bicyclic) bond motifs is 1. The third-order valence-electron chi connectivity index (χ3n) is 4.25. The molecule has 2 aromatic heterocycles. The van der Waals surface area contributed by atoms with Gasteiger partial charge in [-0.25, -0.2) is 13.4 Å². The Morgan fingerprint density at radius 2 is 2.08 bits per heavy atom. The molecule has 0 N–H and O–H groups in total. The minimum Gasteiger partial charge on any atom is -0.340 e. The molecule has 1 aromatic carbocycles. The monoisotopic (exact) mass is 388 g/mol. The van der Waals surface area contributed by atoms with Crippen LogP contribution in [-0.4, -0.2) is 41.8 Å². The Morgan fingerprint density at radius 3 is 2.88 bits per heavy atom. The summed E-state index contributed by atoms with van der Waals surface area (Å²) >= 11 is 1.32. The molecular formula is C17H16N4O3S2. The van der Waals surface area contributed by atoms with Gasteiger partial charge in [0.1, 0.15) is 0 Å². The number of aromatic nitrogens is 3. The highest BCUT2D eigenvalue weighted by atomic mass is 32.2. The molecule has 1 aliphatic heterocycles. The van der Waals surface area contributed by atoms with Gasteiger partial charge < -0.3 is 4.90 Å². The van der Waals surface area contributed by atoms with Crippen molar-refractivity contribution in [2.75, 3.05) is 17.7 Å². The van der Waals surface area contributed by atoms with Gasteiger partial charge in [-0.05, 0) is 18.2 Å². The van der Waals surface area contributed by atoms with Crippen molar-refractivity contribution >= 4 is 32.1 Å². The lowest BCUT2D eigenvalue weighted by Gasteiger charge is -2.27. The summed E-state index contributed by atoms with van der Waals surface area (Å²) in [5, 5.41) is 5.03. The van der Waals surface area contributed by atoms with Gasteiger partial charge >= 0.3 is 0 Å². The smallest absolute Gasteiger partial charge is 0.204 e. The highest BCUT2D eigenvalue weighted by Crippen LogP contribution is 2.28. The number of carbonyl (C=O) groups is 1. The van der Waals surface area contributed by atoms with Gasteiger partial charge in [-0.3, -0.25) is 9.48 Å². The van der Waals surface area contributed by atoms with E-state index in [2.05, 4.69) is 15.0 Å². The molecule has 0 atom stereocenters. The lowest BCUT2D eigenvalue weighted by Crippen LogP contribution is -2.33. The molecule has 0 radical (unpaired) electrons. The fraction of sp³-hybridized carbons (Fsp3) is 0.235. The number of sulfone groups is 1. The van der Waals surface area contributed by atoms with Crippen molar-refractivity contribution in [2.24, 2.45) is 0 Å². The van der Waals surface area contributed by atoms with Crippen LogP contribution in [0, 0.1) is 0 Å². The van der Waals surface area contributed by atoms with Crippen LogP contribution in [-0.2, 0) is 22.9 Å². The summed E-state index contributed by atoms with van der Waals surface area (Å²) in [5.41, 5.74) is 1.46. The number of ketones is 1. The Kier molecular flexibility index (Phi) is 4.12. The van der Waals surface area contributed by atoms with Crippen molar-refractivity contribution in [3.8, 4) is 0 Å². The second-order valence-corrected chi connectivity index (χ2v) is 9.13. The largest absolute Gasteiger partial charge is 0.340 e. The van der Waals surface area contributed by atoms with Crippen LogP contribution in [0.4, 0.5) is 5.13 Å². The molecule has 0 unspecified atom stereocenters. The van der Waals surface area contributed by atoms with Crippen LogP contribution in [0.1, 0.15) is 20.9 Å². The number of nitrogens with zero attached hydrogens (tertiary/aromatic N) is 4. The first-order valence-electron chi connectivity index (χ1n) is 7.98. The fourth-order valence-corrected chi connectivity index (χ4v) is 4.45. The summed E-state index contributed by atoms with van der Waals surface area (Å²) in [6.45, 7) is 2.26. The second-order valence-electron chi connectivity index (χ2n) is 6.10. The number of carbonyl (C=O) groups excluding carboxylic acids is 1. The van der Waals surface area contributed by atoms with Crippen LogP contribution < -0.4 is 4.90 Å². The lowest BCUT2D eigenvalue weighted by molar-refractivity contribution is 0.104. The highest BCUT2D eigenvalue weighted by Gasteiger charge is 2.21. The minimum absolute atomic E-state index is 0.136. The van der Waals surface area contributed by atoms with Gasteiger partial charge in [0.05, 0.1) is 34.8 Å². The average Bonchev–Trinajstić information content (AvgIpc) is 3.29. The van der Waals surface area contributed by atoms with Crippen molar-refractivity contribution in [1.29, 1.82) is 0 Å². The molecular weight excluding hydrogens is 372 g/mol. The quantitative estimate of drug-likeness (QED) is 0.636. The van der Waals surface area contributed by atoms with Crippen molar-refractivity contribution in [3.05, 3.63) is 58.9 Å². The van der Waals surface area contributed by atoms with E-state index in [4.69, 9.17) is 0 Å². The molecule has 0 amide bonds. The average molecular weight is 388 g/mol. The SMILES string of the molecule is CS(=O)(=O)c1cccc(C(=O)c2cnc(N3CCn4nccc4C3)s2)c1. The molecule has 134 valence electrons. The number of hydrogen-bond acceptors (Lipinski definition) is 7. The van der Waals surface area contributed by atoms with Crippen LogP contribution >= 0.6 is 11.3 Å². The zero-order valence-corrected chi connectivity index (χ0v) is 15.6. The number of benzene rings is 1. The molecule has 0 fully saturated rings. The van der Waals surface area contributed by atoms with E-state index in [0.717, 1.165) is 30.2 Å². The van der Waals surface area contributed by atoms with E-state index in [9.17, 15) is 13.2 Å². The van der Waals surface area contributed by atoms with Gasteiger partial charge in [0.25, 0.3) is 0 Å². The van der Waals surface area contributed by atoms with Gasteiger partial charge in [-0.15, -0.1) is 0 Å². The molecule has 7 nitrogen and oxygen atoms in total. The van der Waals surface area contributed by atoms with Crippen LogP contribution in [0.3, 0.4) is 0 Å². The minimum atomic E-state index is -3.36. The summed E-state index contributed by atoms with van der Waals surface area (Å²) in [5.74, 6) is -0.221. The lowest BCUT2D eigenvalue weighted by atomic mass is 10.1. The molecule has 4 rings (SSSR count). The first-order valence-corrected chi connectivity index (χ1v) is 10.7. The van der Waals surface area contributed by atoms with Crippen molar-refractivity contribution in [1.82, 2.24) is 14.8 Å².